The number of likely N-dealkylation sites (tertiary alicyclic amines) is 2. The molecule has 3 amide bonds. The summed E-state index contributed by atoms with van der Waals surface area (Å²) in [6, 6.07) is 0.149. The Morgan fingerprint density at radius 1 is 1.29 bits per heavy atom. The molecular weight excluding hydrogens is 308 g/mol. The van der Waals surface area contributed by atoms with Gasteiger partial charge in [0.25, 0.3) is 0 Å². The van der Waals surface area contributed by atoms with Crippen LogP contribution in [0.15, 0.2) is 12.4 Å². The zero-order valence-corrected chi connectivity index (χ0v) is 14.0. The number of anilines is 1. The maximum Gasteiger partial charge on any atom is 0.322 e. The Hall–Kier alpha value is -2.09. The molecule has 3 aliphatic rings. The Bertz CT molecular complexity index is 638. The summed E-state index contributed by atoms with van der Waals surface area (Å²) in [7, 11) is 2.08. The smallest absolute Gasteiger partial charge is 0.322 e. The van der Waals surface area contributed by atoms with Crippen molar-refractivity contribution in [3.05, 3.63) is 12.4 Å². The van der Waals surface area contributed by atoms with E-state index in [0.29, 0.717) is 26.2 Å². The van der Waals surface area contributed by atoms with Gasteiger partial charge in [0, 0.05) is 38.9 Å². The summed E-state index contributed by atoms with van der Waals surface area (Å²) in [5.41, 5.74) is 0.823. The van der Waals surface area contributed by atoms with Crippen LogP contribution in [0.4, 0.5) is 10.5 Å². The average Bonchev–Trinajstić information content (AvgIpc) is 3.14. The number of aromatic nitrogens is 2. The maximum absolute atomic E-state index is 12.6. The molecule has 0 spiro atoms. The summed E-state index contributed by atoms with van der Waals surface area (Å²) in [5.74, 6) is 0.426. The molecule has 0 saturated carbocycles. The summed E-state index contributed by atoms with van der Waals surface area (Å²) in [6.45, 7) is 4.74. The van der Waals surface area contributed by atoms with E-state index in [0.717, 1.165) is 31.6 Å². The molecule has 3 fully saturated rings. The molecular formula is C16H24N6O2. The third-order valence-electron chi connectivity index (χ3n) is 5.28. The van der Waals surface area contributed by atoms with Gasteiger partial charge < -0.3 is 15.1 Å². The lowest BCUT2D eigenvalue weighted by molar-refractivity contribution is -0.143. The van der Waals surface area contributed by atoms with Gasteiger partial charge in [0.2, 0.25) is 5.91 Å². The van der Waals surface area contributed by atoms with Gasteiger partial charge in [-0.15, -0.1) is 0 Å². The molecule has 0 aromatic carbocycles. The molecule has 1 atom stereocenters. The minimum absolute atomic E-state index is 0.0682. The second-order valence-electron chi connectivity index (χ2n) is 7.06. The Morgan fingerprint density at radius 3 is 2.83 bits per heavy atom. The molecule has 8 nitrogen and oxygen atoms in total. The lowest BCUT2D eigenvalue weighted by Gasteiger charge is -2.42. The van der Waals surface area contributed by atoms with Gasteiger partial charge in [-0.2, -0.15) is 5.10 Å². The predicted octanol–water partition coefficient (Wildman–Crippen LogP) is 0.138. The minimum Gasteiger partial charge on any atom is -0.338 e. The number of hydrogen-bond donors (Lipinski definition) is 1. The van der Waals surface area contributed by atoms with Gasteiger partial charge in [-0.3, -0.25) is 14.4 Å². The molecule has 1 unspecified atom stereocenters. The molecule has 0 bridgehead atoms. The monoisotopic (exact) mass is 332 g/mol. The summed E-state index contributed by atoms with van der Waals surface area (Å²) in [5, 5.41) is 7.17. The zero-order valence-electron chi connectivity index (χ0n) is 14.0. The highest BCUT2D eigenvalue weighted by Gasteiger charge is 2.37. The van der Waals surface area contributed by atoms with Gasteiger partial charge in [0.1, 0.15) is 0 Å². The van der Waals surface area contributed by atoms with Crippen molar-refractivity contribution in [1.82, 2.24) is 24.9 Å². The highest BCUT2D eigenvalue weighted by Crippen LogP contribution is 2.27. The van der Waals surface area contributed by atoms with E-state index in [1.165, 1.54) is 0 Å². The lowest BCUT2D eigenvalue weighted by atomic mass is 9.95. The van der Waals surface area contributed by atoms with Crippen molar-refractivity contribution in [2.75, 3.05) is 51.2 Å². The largest absolute Gasteiger partial charge is 0.338 e. The number of carbonyl (C=O) groups is 2. The van der Waals surface area contributed by atoms with E-state index in [1.54, 1.807) is 11.1 Å². The van der Waals surface area contributed by atoms with Crippen LogP contribution in [0.5, 0.6) is 0 Å². The van der Waals surface area contributed by atoms with Crippen molar-refractivity contribution in [2.45, 2.75) is 18.9 Å². The molecule has 4 rings (SSSR count). The summed E-state index contributed by atoms with van der Waals surface area (Å²) in [6.07, 6.45) is 5.74. The molecule has 1 N–H and O–H groups in total. The van der Waals surface area contributed by atoms with Crippen molar-refractivity contribution in [2.24, 2.45) is 5.92 Å². The summed E-state index contributed by atoms with van der Waals surface area (Å²) < 4.78 is 1.89. The Kier molecular flexibility index (Phi) is 3.91. The topological polar surface area (TPSA) is 73.7 Å². The second-order valence-corrected chi connectivity index (χ2v) is 7.06. The van der Waals surface area contributed by atoms with Crippen LogP contribution in [0, 0.1) is 5.92 Å². The fraction of sp³-hybridized carbons (Fsp3) is 0.688. The number of carbonyl (C=O) groups excluding carboxylic acids is 2. The number of rotatable bonds is 3. The first-order valence-electron chi connectivity index (χ1n) is 8.68. The standard InChI is InChI=1S/C16H24N6O2/c1-19-5-2-3-12(8-19)15(23)20-9-14(10-20)22-11-13(7-18-22)21-6-4-17-16(21)24/h7,11-12,14H,2-6,8-10H2,1H3,(H,17,24). The van der Waals surface area contributed by atoms with Gasteiger partial charge in [-0.25, -0.2) is 4.79 Å². The van der Waals surface area contributed by atoms with E-state index < -0.39 is 0 Å². The highest BCUT2D eigenvalue weighted by molar-refractivity contribution is 5.93. The number of amides is 3. The van der Waals surface area contributed by atoms with Gasteiger partial charge in [-0.1, -0.05) is 0 Å². The summed E-state index contributed by atoms with van der Waals surface area (Å²) >= 11 is 0. The molecule has 8 heteroatoms. The van der Waals surface area contributed by atoms with Crippen LogP contribution in [0.2, 0.25) is 0 Å². The Labute approximate surface area is 141 Å². The molecule has 130 valence electrons. The molecule has 0 radical (unpaired) electrons. The van der Waals surface area contributed by atoms with Crippen molar-refractivity contribution >= 4 is 17.6 Å². The Morgan fingerprint density at radius 2 is 2.12 bits per heavy atom. The Balaban J connectivity index is 1.33. The van der Waals surface area contributed by atoms with Crippen LogP contribution < -0.4 is 10.2 Å². The van der Waals surface area contributed by atoms with E-state index in [-0.39, 0.29) is 23.9 Å². The van der Waals surface area contributed by atoms with Crippen LogP contribution in [0.3, 0.4) is 0 Å². The van der Waals surface area contributed by atoms with E-state index >= 15 is 0 Å². The lowest BCUT2D eigenvalue weighted by Crippen LogP contribution is -2.54. The van der Waals surface area contributed by atoms with Crippen molar-refractivity contribution in [1.29, 1.82) is 0 Å². The number of piperidine rings is 1. The SMILES string of the molecule is CN1CCCC(C(=O)N2CC(n3cc(N4CCNC4=O)cn3)C2)C1. The molecule has 1 aromatic heterocycles. The van der Waals surface area contributed by atoms with Crippen LogP contribution >= 0.6 is 0 Å². The van der Waals surface area contributed by atoms with Gasteiger partial charge in [0.15, 0.2) is 0 Å². The minimum atomic E-state index is -0.0682. The third kappa shape index (κ3) is 2.75. The van der Waals surface area contributed by atoms with E-state index in [9.17, 15) is 9.59 Å². The maximum atomic E-state index is 12.6. The van der Waals surface area contributed by atoms with E-state index in [2.05, 4.69) is 22.4 Å². The van der Waals surface area contributed by atoms with Crippen LogP contribution in [-0.2, 0) is 4.79 Å². The van der Waals surface area contributed by atoms with Crippen LogP contribution in [-0.4, -0.2) is 77.8 Å². The first-order chi connectivity index (χ1) is 11.6. The molecule has 4 heterocycles. The number of nitrogens with one attached hydrogen (secondary N) is 1. The average molecular weight is 332 g/mol. The first-order valence-corrected chi connectivity index (χ1v) is 8.68. The van der Waals surface area contributed by atoms with Gasteiger partial charge in [-0.05, 0) is 26.4 Å². The zero-order chi connectivity index (χ0) is 16.7. The fourth-order valence-electron chi connectivity index (χ4n) is 3.81. The summed E-state index contributed by atoms with van der Waals surface area (Å²) in [4.78, 5) is 30.2. The fourth-order valence-corrected chi connectivity index (χ4v) is 3.81. The van der Waals surface area contributed by atoms with Crippen LogP contribution in [0.1, 0.15) is 18.9 Å². The quantitative estimate of drug-likeness (QED) is 0.854. The van der Waals surface area contributed by atoms with E-state index in [1.807, 2.05) is 15.8 Å². The second kappa shape index (κ2) is 6.08. The molecule has 1 aromatic rings. The van der Waals surface area contributed by atoms with E-state index in [4.69, 9.17) is 0 Å². The van der Waals surface area contributed by atoms with Gasteiger partial charge in [0.05, 0.1) is 23.8 Å². The molecule has 24 heavy (non-hydrogen) atoms. The first kappa shape index (κ1) is 15.4. The number of urea groups is 1. The molecule has 0 aliphatic carbocycles. The van der Waals surface area contributed by atoms with Crippen molar-refractivity contribution in [3.63, 3.8) is 0 Å². The normalized spacial score (nSPS) is 25.7. The van der Waals surface area contributed by atoms with Crippen LogP contribution in [0.25, 0.3) is 0 Å². The number of nitrogens with zero attached hydrogens (tertiary/aromatic N) is 5. The van der Waals surface area contributed by atoms with Crippen molar-refractivity contribution in [3.8, 4) is 0 Å². The highest BCUT2D eigenvalue weighted by atomic mass is 16.2. The number of hydrogen-bond acceptors (Lipinski definition) is 4. The molecule has 3 saturated heterocycles. The molecule has 3 aliphatic heterocycles. The predicted molar refractivity (Wildman–Crippen MR) is 88.8 cm³/mol. The third-order valence-corrected chi connectivity index (χ3v) is 5.28. The van der Waals surface area contributed by atoms with Gasteiger partial charge >= 0.3 is 6.03 Å². The van der Waals surface area contributed by atoms with Crippen molar-refractivity contribution < 1.29 is 9.59 Å².